The van der Waals surface area contributed by atoms with Crippen LogP contribution in [0.2, 0.25) is 0 Å². The number of hydrogen-bond donors (Lipinski definition) is 5. The predicted octanol–water partition coefficient (Wildman–Crippen LogP) is 0.336. The summed E-state index contributed by atoms with van der Waals surface area (Å²) in [5.41, 5.74) is 5.70. The summed E-state index contributed by atoms with van der Waals surface area (Å²) in [5, 5.41) is 21.4. The van der Waals surface area contributed by atoms with Crippen LogP contribution in [-0.2, 0) is 16.0 Å². The van der Waals surface area contributed by atoms with E-state index in [2.05, 4.69) is 16.2 Å². The zero-order valence-electron chi connectivity index (χ0n) is 12.5. The average molecular weight is 315 g/mol. The molecule has 7 nitrogen and oxygen atoms in total. The summed E-state index contributed by atoms with van der Waals surface area (Å²) in [6.45, 7) is 1.32. The van der Waals surface area contributed by atoms with E-state index in [1.54, 1.807) is 12.3 Å². The minimum absolute atomic E-state index is 0.00880. The van der Waals surface area contributed by atoms with Gasteiger partial charge in [-0.25, -0.2) is 0 Å². The lowest BCUT2D eigenvalue weighted by molar-refractivity contribution is -0.141. The summed E-state index contributed by atoms with van der Waals surface area (Å²) in [5.74, 6) is 0.380. The molecule has 0 saturated carbocycles. The van der Waals surface area contributed by atoms with Crippen LogP contribution < -0.4 is 11.1 Å². The van der Waals surface area contributed by atoms with Crippen LogP contribution in [0.4, 0.5) is 0 Å². The Bertz CT molecular complexity index is 805. The number of aliphatic carboxylic acids is 1. The molecule has 7 heteroatoms. The van der Waals surface area contributed by atoms with Gasteiger partial charge in [0.2, 0.25) is 0 Å². The van der Waals surface area contributed by atoms with Crippen LogP contribution in [-0.4, -0.2) is 38.7 Å². The van der Waals surface area contributed by atoms with Gasteiger partial charge in [-0.05, 0) is 30.7 Å². The van der Waals surface area contributed by atoms with Gasteiger partial charge in [0, 0.05) is 23.5 Å². The van der Waals surface area contributed by atoms with Crippen LogP contribution in [0.15, 0.2) is 24.4 Å². The Morgan fingerprint density at radius 3 is 2.83 bits per heavy atom. The standard InChI is InChI=1S/C16H17N3O4/c1-3-16(17,15(23)19-9(2)14(21)22)7-10-8-18-13-5-4-11(20)6-12(10)13/h1,4-6,8-9,18,20H,7,17H2,2H3,(H,19,23)(H,21,22). The third kappa shape index (κ3) is 3.27. The second-order valence-electron chi connectivity index (χ2n) is 5.37. The summed E-state index contributed by atoms with van der Waals surface area (Å²) in [6, 6.07) is 3.65. The Labute approximate surface area is 132 Å². The number of phenols is 1. The molecule has 120 valence electrons. The second kappa shape index (κ2) is 6.02. The molecule has 0 aliphatic carbocycles. The third-order valence-electron chi connectivity index (χ3n) is 3.60. The molecule has 1 aromatic carbocycles. The number of carbonyl (C=O) groups is 2. The fourth-order valence-corrected chi connectivity index (χ4v) is 2.20. The number of hydrogen-bond acceptors (Lipinski definition) is 4. The van der Waals surface area contributed by atoms with E-state index in [1.165, 1.54) is 19.1 Å². The molecule has 0 spiro atoms. The molecule has 1 amide bonds. The number of rotatable bonds is 5. The van der Waals surface area contributed by atoms with Gasteiger partial charge in [-0.1, -0.05) is 5.92 Å². The van der Waals surface area contributed by atoms with Gasteiger partial charge < -0.3 is 26.2 Å². The van der Waals surface area contributed by atoms with E-state index in [4.69, 9.17) is 17.3 Å². The molecule has 0 radical (unpaired) electrons. The van der Waals surface area contributed by atoms with Crippen LogP contribution in [0, 0.1) is 12.3 Å². The Balaban J connectivity index is 2.30. The van der Waals surface area contributed by atoms with Crippen LogP contribution in [0.3, 0.4) is 0 Å². The van der Waals surface area contributed by atoms with Gasteiger partial charge in [0.05, 0.1) is 0 Å². The SMILES string of the molecule is C#CC(N)(Cc1c[nH]c2ccc(O)cc12)C(=O)NC(C)C(=O)O. The van der Waals surface area contributed by atoms with Crippen molar-refractivity contribution < 1.29 is 19.8 Å². The van der Waals surface area contributed by atoms with Gasteiger partial charge in [0.1, 0.15) is 11.8 Å². The number of aromatic amines is 1. The molecule has 2 aromatic rings. The lowest BCUT2D eigenvalue weighted by atomic mass is 9.91. The van der Waals surface area contributed by atoms with Crippen molar-refractivity contribution in [2.45, 2.75) is 24.9 Å². The Hall–Kier alpha value is -2.98. The first kappa shape index (κ1) is 16.4. The van der Waals surface area contributed by atoms with E-state index in [1.807, 2.05) is 0 Å². The van der Waals surface area contributed by atoms with E-state index < -0.39 is 23.5 Å². The normalized spacial score (nSPS) is 14.7. The number of fused-ring (bicyclic) bond motifs is 1. The number of carboxylic acid groups (broad SMARTS) is 1. The molecule has 2 rings (SSSR count). The average Bonchev–Trinajstić information content (AvgIpc) is 2.88. The van der Waals surface area contributed by atoms with Crippen molar-refractivity contribution in [1.29, 1.82) is 0 Å². The summed E-state index contributed by atoms with van der Waals surface area (Å²) >= 11 is 0. The molecule has 0 fully saturated rings. The van der Waals surface area contributed by atoms with Gasteiger partial charge in [0.15, 0.2) is 5.54 Å². The first-order chi connectivity index (χ1) is 10.8. The lowest BCUT2D eigenvalue weighted by Crippen LogP contribution is -2.57. The van der Waals surface area contributed by atoms with Crippen LogP contribution in [0.25, 0.3) is 10.9 Å². The number of nitrogens with two attached hydrogens (primary N) is 1. The number of amides is 1. The van der Waals surface area contributed by atoms with Gasteiger partial charge in [-0.2, -0.15) is 0 Å². The minimum atomic E-state index is -1.70. The fourth-order valence-electron chi connectivity index (χ4n) is 2.20. The van der Waals surface area contributed by atoms with Gasteiger partial charge in [-0.15, -0.1) is 6.42 Å². The molecule has 2 atom stereocenters. The first-order valence-corrected chi connectivity index (χ1v) is 6.86. The summed E-state index contributed by atoms with van der Waals surface area (Å²) in [7, 11) is 0. The highest BCUT2D eigenvalue weighted by atomic mass is 16.4. The van der Waals surface area contributed by atoms with E-state index in [0.29, 0.717) is 10.9 Å². The maximum Gasteiger partial charge on any atom is 0.325 e. The van der Waals surface area contributed by atoms with Crippen molar-refractivity contribution in [3.05, 3.63) is 30.0 Å². The van der Waals surface area contributed by atoms with Crippen LogP contribution >= 0.6 is 0 Å². The number of carboxylic acids is 1. The van der Waals surface area contributed by atoms with Crippen molar-refractivity contribution in [3.8, 4) is 18.1 Å². The van der Waals surface area contributed by atoms with Crippen molar-refractivity contribution in [2.75, 3.05) is 0 Å². The molecule has 0 aliphatic heterocycles. The largest absolute Gasteiger partial charge is 0.508 e. The number of phenolic OH excluding ortho intramolecular Hbond substituents is 1. The van der Waals surface area contributed by atoms with Crippen molar-refractivity contribution >= 4 is 22.8 Å². The number of benzene rings is 1. The molecule has 23 heavy (non-hydrogen) atoms. The third-order valence-corrected chi connectivity index (χ3v) is 3.60. The number of nitrogens with one attached hydrogen (secondary N) is 2. The summed E-state index contributed by atoms with van der Waals surface area (Å²) in [6.07, 6.45) is 7.05. The van der Waals surface area contributed by atoms with Gasteiger partial charge in [-0.3, -0.25) is 9.59 Å². The zero-order chi connectivity index (χ0) is 17.2. The quantitative estimate of drug-likeness (QED) is 0.508. The zero-order valence-corrected chi connectivity index (χ0v) is 12.5. The molecular formula is C16H17N3O4. The van der Waals surface area contributed by atoms with E-state index >= 15 is 0 Å². The maximum atomic E-state index is 12.2. The molecule has 1 heterocycles. The summed E-state index contributed by atoms with van der Waals surface area (Å²) in [4.78, 5) is 26.1. The lowest BCUT2D eigenvalue weighted by Gasteiger charge is -2.23. The Morgan fingerprint density at radius 1 is 1.52 bits per heavy atom. The second-order valence-corrected chi connectivity index (χ2v) is 5.37. The number of H-pyrrole nitrogens is 1. The number of terminal acetylenes is 1. The van der Waals surface area contributed by atoms with E-state index in [0.717, 1.165) is 5.52 Å². The monoisotopic (exact) mass is 315 g/mol. The molecular weight excluding hydrogens is 298 g/mol. The van der Waals surface area contributed by atoms with E-state index in [-0.39, 0.29) is 12.2 Å². The van der Waals surface area contributed by atoms with Crippen molar-refractivity contribution in [1.82, 2.24) is 10.3 Å². The Morgan fingerprint density at radius 2 is 2.22 bits per heavy atom. The number of carbonyl (C=O) groups excluding carboxylic acids is 1. The molecule has 0 aliphatic rings. The highest BCUT2D eigenvalue weighted by Gasteiger charge is 2.34. The molecule has 2 unspecified atom stereocenters. The Kier molecular flexibility index (Phi) is 4.29. The smallest absolute Gasteiger partial charge is 0.325 e. The highest BCUT2D eigenvalue weighted by Crippen LogP contribution is 2.25. The number of aromatic nitrogens is 1. The minimum Gasteiger partial charge on any atom is -0.508 e. The van der Waals surface area contributed by atoms with Crippen molar-refractivity contribution in [2.24, 2.45) is 5.73 Å². The van der Waals surface area contributed by atoms with Crippen molar-refractivity contribution in [3.63, 3.8) is 0 Å². The van der Waals surface area contributed by atoms with E-state index in [9.17, 15) is 14.7 Å². The summed E-state index contributed by atoms with van der Waals surface area (Å²) < 4.78 is 0. The predicted molar refractivity (Wildman–Crippen MR) is 84.7 cm³/mol. The highest BCUT2D eigenvalue weighted by molar-refractivity contribution is 5.94. The molecule has 0 saturated heterocycles. The fraction of sp³-hybridized carbons (Fsp3) is 0.250. The van der Waals surface area contributed by atoms with Gasteiger partial charge >= 0.3 is 5.97 Å². The maximum absolute atomic E-state index is 12.2. The topological polar surface area (TPSA) is 128 Å². The molecule has 1 aromatic heterocycles. The number of aromatic hydroxyl groups is 1. The van der Waals surface area contributed by atoms with Crippen LogP contribution in [0.5, 0.6) is 5.75 Å². The van der Waals surface area contributed by atoms with Gasteiger partial charge in [0.25, 0.3) is 5.91 Å². The first-order valence-electron chi connectivity index (χ1n) is 6.86. The van der Waals surface area contributed by atoms with Crippen LogP contribution in [0.1, 0.15) is 12.5 Å². The molecule has 0 bridgehead atoms. The molecule has 6 N–H and O–H groups in total.